The van der Waals surface area contributed by atoms with Crippen molar-refractivity contribution in [2.45, 2.75) is 110 Å². The number of rotatable bonds is 4. The molecule has 5 rings (SSSR count). The van der Waals surface area contributed by atoms with Gasteiger partial charge >= 0.3 is 0 Å². The summed E-state index contributed by atoms with van der Waals surface area (Å²) >= 11 is 0. The molecule has 1 spiro atoms. The van der Waals surface area contributed by atoms with Crippen LogP contribution >= 0.6 is 0 Å². The lowest BCUT2D eigenvalue weighted by Gasteiger charge is -2.55. The molecule has 1 aliphatic heterocycles. The standard InChI is InChI=1S/C28H44O3/c1-16(2)17(3)7-8-18(4)20-9-10-21-23-22(12-13-26(20,21)5)27(6)14-11-19(29)15-28(27)25(31-28)24(23)30/h7-8,16-20,22,24-25,29-30H,9-15H2,1-6H3/b8-7+/t17?,18-,19+,20-,22?,24-,25+,26-,27+,28+/m1/s1. The lowest BCUT2D eigenvalue weighted by atomic mass is 9.48. The van der Waals surface area contributed by atoms with Crippen LogP contribution < -0.4 is 0 Å². The molecule has 3 saturated carbocycles. The van der Waals surface area contributed by atoms with Gasteiger partial charge in [-0.25, -0.2) is 0 Å². The van der Waals surface area contributed by atoms with Gasteiger partial charge in [-0.3, -0.25) is 0 Å². The zero-order valence-corrected chi connectivity index (χ0v) is 20.5. The number of hydrogen-bond acceptors (Lipinski definition) is 3. The average molecular weight is 429 g/mol. The second-order valence-corrected chi connectivity index (χ2v) is 12.6. The fraction of sp³-hybridized carbons (Fsp3) is 0.857. The Balaban J connectivity index is 1.47. The van der Waals surface area contributed by atoms with Gasteiger partial charge < -0.3 is 14.9 Å². The summed E-state index contributed by atoms with van der Waals surface area (Å²) in [5.41, 5.74) is 2.93. The van der Waals surface area contributed by atoms with Crippen LogP contribution in [0.2, 0.25) is 0 Å². The second-order valence-electron chi connectivity index (χ2n) is 12.6. The third kappa shape index (κ3) is 2.95. The Labute approximate surface area is 189 Å². The minimum Gasteiger partial charge on any atom is -0.393 e. The van der Waals surface area contributed by atoms with E-state index in [1.807, 2.05) is 0 Å². The smallest absolute Gasteiger partial charge is 0.118 e. The Kier molecular flexibility index (Phi) is 5.13. The van der Waals surface area contributed by atoms with Gasteiger partial charge in [-0.2, -0.15) is 0 Å². The zero-order chi connectivity index (χ0) is 22.3. The van der Waals surface area contributed by atoms with Crippen molar-refractivity contribution in [1.82, 2.24) is 0 Å². The van der Waals surface area contributed by atoms with Crippen molar-refractivity contribution >= 4 is 0 Å². The molecule has 31 heavy (non-hydrogen) atoms. The molecule has 174 valence electrons. The van der Waals surface area contributed by atoms with E-state index in [-0.39, 0.29) is 28.6 Å². The molecule has 2 unspecified atom stereocenters. The number of hydrogen-bond donors (Lipinski definition) is 2. The molecule has 10 atom stereocenters. The summed E-state index contributed by atoms with van der Waals surface area (Å²) in [5.74, 6) is 2.95. The number of aliphatic hydroxyl groups is 2. The summed E-state index contributed by atoms with van der Waals surface area (Å²) in [4.78, 5) is 0. The molecular weight excluding hydrogens is 384 g/mol. The summed E-state index contributed by atoms with van der Waals surface area (Å²) in [6.07, 6.45) is 11.4. The number of allylic oxidation sites excluding steroid dienone is 3. The SMILES string of the molecule is CC(C)C(C)/C=C/[C@@H](C)[C@H]1CCC2=C3C(CC[C@@]21C)[C@]1(C)CC[C@H](O)C[C@@]12O[C@H]2[C@@H]3O. The molecular formula is C28H44O3. The first kappa shape index (κ1) is 22.2. The second kappa shape index (κ2) is 7.18. The van der Waals surface area contributed by atoms with Crippen molar-refractivity contribution in [2.24, 2.45) is 40.4 Å². The van der Waals surface area contributed by atoms with Crippen LogP contribution in [0.3, 0.4) is 0 Å². The van der Waals surface area contributed by atoms with Gasteiger partial charge in [0.15, 0.2) is 0 Å². The van der Waals surface area contributed by atoms with Gasteiger partial charge in [-0.05, 0) is 79.1 Å². The van der Waals surface area contributed by atoms with Crippen LogP contribution in [0.5, 0.6) is 0 Å². The monoisotopic (exact) mass is 428 g/mol. The van der Waals surface area contributed by atoms with Crippen molar-refractivity contribution in [3.8, 4) is 0 Å². The minimum absolute atomic E-state index is 0.0656. The lowest BCUT2D eigenvalue weighted by Crippen LogP contribution is -2.57. The predicted molar refractivity (Wildman–Crippen MR) is 124 cm³/mol. The van der Waals surface area contributed by atoms with E-state index < -0.39 is 6.10 Å². The Morgan fingerprint density at radius 1 is 1.00 bits per heavy atom. The average Bonchev–Trinajstić information content (AvgIpc) is 3.34. The Hall–Kier alpha value is -0.640. The van der Waals surface area contributed by atoms with Crippen molar-refractivity contribution < 1.29 is 14.9 Å². The van der Waals surface area contributed by atoms with Crippen molar-refractivity contribution in [2.75, 3.05) is 0 Å². The largest absolute Gasteiger partial charge is 0.393 e. The van der Waals surface area contributed by atoms with Gasteiger partial charge in [0.25, 0.3) is 0 Å². The van der Waals surface area contributed by atoms with Gasteiger partial charge in [-0.15, -0.1) is 0 Å². The van der Waals surface area contributed by atoms with Crippen molar-refractivity contribution in [3.63, 3.8) is 0 Å². The quantitative estimate of drug-likeness (QED) is 0.449. The fourth-order valence-corrected chi connectivity index (χ4v) is 8.48. The molecule has 0 aromatic rings. The van der Waals surface area contributed by atoms with Crippen LogP contribution in [-0.2, 0) is 4.74 Å². The first-order valence-corrected chi connectivity index (χ1v) is 13.0. The van der Waals surface area contributed by atoms with Crippen molar-refractivity contribution in [1.29, 1.82) is 0 Å². The molecule has 4 aliphatic carbocycles. The van der Waals surface area contributed by atoms with E-state index >= 15 is 0 Å². The van der Waals surface area contributed by atoms with Gasteiger partial charge in [0, 0.05) is 11.8 Å². The van der Waals surface area contributed by atoms with E-state index in [1.165, 1.54) is 18.4 Å². The van der Waals surface area contributed by atoms with Crippen LogP contribution in [0.4, 0.5) is 0 Å². The van der Waals surface area contributed by atoms with Crippen molar-refractivity contribution in [3.05, 3.63) is 23.3 Å². The third-order valence-corrected chi connectivity index (χ3v) is 10.9. The highest BCUT2D eigenvalue weighted by Crippen LogP contribution is 2.72. The van der Waals surface area contributed by atoms with Crippen LogP contribution in [0.1, 0.15) is 86.5 Å². The van der Waals surface area contributed by atoms with E-state index in [9.17, 15) is 10.2 Å². The minimum atomic E-state index is -0.469. The highest BCUT2D eigenvalue weighted by atomic mass is 16.6. The topological polar surface area (TPSA) is 53.0 Å². The van der Waals surface area contributed by atoms with E-state index in [0.717, 1.165) is 25.7 Å². The molecule has 1 saturated heterocycles. The van der Waals surface area contributed by atoms with Gasteiger partial charge in [0.2, 0.25) is 0 Å². The van der Waals surface area contributed by atoms with Gasteiger partial charge in [-0.1, -0.05) is 59.3 Å². The molecule has 0 amide bonds. The predicted octanol–water partition coefficient (Wildman–Crippen LogP) is 5.66. The molecule has 2 N–H and O–H groups in total. The lowest BCUT2D eigenvalue weighted by molar-refractivity contribution is -0.0512. The Bertz CT molecular complexity index is 798. The third-order valence-electron chi connectivity index (χ3n) is 10.9. The number of aliphatic hydroxyl groups excluding tert-OH is 2. The van der Waals surface area contributed by atoms with E-state index in [4.69, 9.17) is 4.74 Å². The first-order valence-electron chi connectivity index (χ1n) is 13.0. The number of ether oxygens (including phenoxy) is 1. The van der Waals surface area contributed by atoms with Crippen LogP contribution in [-0.4, -0.2) is 34.1 Å². The molecule has 4 fully saturated rings. The molecule has 5 aliphatic rings. The van der Waals surface area contributed by atoms with Gasteiger partial charge in [0.1, 0.15) is 17.8 Å². The molecule has 0 aromatic carbocycles. The molecule has 1 heterocycles. The molecule has 0 radical (unpaired) electrons. The van der Waals surface area contributed by atoms with Crippen LogP contribution in [0.15, 0.2) is 23.3 Å². The highest BCUT2D eigenvalue weighted by molar-refractivity contribution is 5.43. The summed E-state index contributed by atoms with van der Waals surface area (Å²) in [6.45, 7) is 14.2. The van der Waals surface area contributed by atoms with Gasteiger partial charge in [0.05, 0.1) is 6.10 Å². The molecule has 0 bridgehead atoms. The summed E-state index contributed by atoms with van der Waals surface area (Å²) < 4.78 is 6.33. The van der Waals surface area contributed by atoms with Crippen LogP contribution in [0, 0.1) is 40.4 Å². The molecule has 3 heteroatoms. The summed E-state index contributed by atoms with van der Waals surface area (Å²) in [5, 5.41) is 21.9. The molecule has 0 aromatic heterocycles. The maximum Gasteiger partial charge on any atom is 0.118 e. The maximum atomic E-state index is 11.5. The number of fused-ring (bicyclic) bond motifs is 3. The summed E-state index contributed by atoms with van der Waals surface area (Å²) in [7, 11) is 0. The maximum absolute atomic E-state index is 11.5. The fourth-order valence-electron chi connectivity index (χ4n) is 8.48. The Morgan fingerprint density at radius 3 is 2.45 bits per heavy atom. The summed E-state index contributed by atoms with van der Waals surface area (Å²) in [6, 6.07) is 0. The Morgan fingerprint density at radius 2 is 1.74 bits per heavy atom. The zero-order valence-electron chi connectivity index (χ0n) is 20.5. The first-order chi connectivity index (χ1) is 14.5. The van der Waals surface area contributed by atoms with E-state index in [1.54, 1.807) is 5.57 Å². The van der Waals surface area contributed by atoms with E-state index in [2.05, 4.69) is 53.7 Å². The highest BCUT2D eigenvalue weighted by Gasteiger charge is 2.77. The van der Waals surface area contributed by atoms with Crippen LogP contribution in [0.25, 0.3) is 0 Å². The molecule has 3 nitrogen and oxygen atoms in total. The number of epoxide rings is 1. The van der Waals surface area contributed by atoms with E-state index in [0.29, 0.717) is 36.0 Å². The normalized spacial score (nSPS) is 50.7.